The number of fused-ring (bicyclic) bond motifs is 2. The standard InChI is InChI=1S/C25H23ClN6O/c1-13-7-27-11-23(30-13)15-3-4-17(22(26)6-15)18-5-16-8-29-14(2)31-24(16)32(25(18)33)12-21-19-9-28-10-20(19)21/h3-8,11,19-21,28H,9-10,12H2,1-2H3/t19-,20+,21+. The highest BCUT2D eigenvalue weighted by molar-refractivity contribution is 6.33. The van der Waals surface area contributed by atoms with E-state index in [4.69, 9.17) is 11.6 Å². The Kier molecular flexibility index (Phi) is 4.78. The third-order valence-corrected chi connectivity index (χ3v) is 7.23. The van der Waals surface area contributed by atoms with Crippen LogP contribution in [0.25, 0.3) is 33.4 Å². The largest absolute Gasteiger partial charge is 0.316 e. The molecule has 0 unspecified atom stereocenters. The topological polar surface area (TPSA) is 85.6 Å². The summed E-state index contributed by atoms with van der Waals surface area (Å²) in [5.74, 6) is 2.46. The maximum atomic E-state index is 13.7. The molecule has 7 nitrogen and oxygen atoms in total. The third-order valence-electron chi connectivity index (χ3n) is 6.92. The number of hydrogen-bond acceptors (Lipinski definition) is 6. The number of halogens is 1. The molecule has 0 radical (unpaired) electrons. The predicted octanol–water partition coefficient (Wildman–Crippen LogP) is 3.65. The second kappa shape index (κ2) is 7.71. The van der Waals surface area contributed by atoms with Crippen LogP contribution in [0.15, 0.2) is 47.7 Å². The molecule has 2 fully saturated rings. The van der Waals surface area contributed by atoms with Gasteiger partial charge in [0.25, 0.3) is 5.56 Å². The lowest BCUT2D eigenvalue weighted by atomic mass is 10.0. The second-order valence-corrected chi connectivity index (χ2v) is 9.47. The Hall–Kier alpha value is -3.16. The summed E-state index contributed by atoms with van der Waals surface area (Å²) in [4.78, 5) is 31.5. The van der Waals surface area contributed by atoms with E-state index in [0.717, 1.165) is 35.4 Å². The van der Waals surface area contributed by atoms with Crippen molar-refractivity contribution >= 4 is 22.6 Å². The molecular weight excluding hydrogens is 436 g/mol. The minimum Gasteiger partial charge on any atom is -0.316 e. The molecule has 166 valence electrons. The molecule has 6 rings (SSSR count). The maximum Gasteiger partial charge on any atom is 0.260 e. The molecule has 1 aliphatic carbocycles. The Morgan fingerprint density at radius 3 is 2.64 bits per heavy atom. The van der Waals surface area contributed by atoms with Gasteiger partial charge in [-0.15, -0.1) is 0 Å². The third kappa shape index (κ3) is 3.52. The zero-order valence-corrected chi connectivity index (χ0v) is 19.2. The Labute approximate surface area is 195 Å². The molecule has 0 amide bonds. The summed E-state index contributed by atoms with van der Waals surface area (Å²) in [6.45, 7) is 6.49. The number of nitrogens with one attached hydrogen (secondary N) is 1. The lowest BCUT2D eigenvalue weighted by Crippen LogP contribution is -2.26. The SMILES string of the molecule is Cc1cncc(-c2ccc(-c3cc4cnc(C)nc4n(C[C@H]4[C@@H]5CNC[C@@H]54)c3=O)c(Cl)c2)n1. The van der Waals surface area contributed by atoms with Crippen molar-refractivity contribution in [2.75, 3.05) is 13.1 Å². The van der Waals surface area contributed by atoms with Crippen molar-refractivity contribution in [2.24, 2.45) is 17.8 Å². The van der Waals surface area contributed by atoms with Gasteiger partial charge in [0.2, 0.25) is 0 Å². The summed E-state index contributed by atoms with van der Waals surface area (Å²) in [5.41, 5.74) is 4.32. The average Bonchev–Trinajstić information content (AvgIpc) is 3.21. The van der Waals surface area contributed by atoms with E-state index < -0.39 is 0 Å². The molecule has 3 atom stereocenters. The van der Waals surface area contributed by atoms with Gasteiger partial charge in [0.1, 0.15) is 11.5 Å². The van der Waals surface area contributed by atoms with Crippen molar-refractivity contribution < 1.29 is 0 Å². The Bertz CT molecular complexity index is 1460. The van der Waals surface area contributed by atoms with E-state index in [-0.39, 0.29) is 5.56 Å². The van der Waals surface area contributed by atoms with Crippen LogP contribution in [0, 0.1) is 31.6 Å². The summed E-state index contributed by atoms with van der Waals surface area (Å²) in [5, 5.41) is 4.76. The monoisotopic (exact) mass is 458 g/mol. The average molecular weight is 459 g/mol. The molecule has 1 saturated heterocycles. The van der Waals surface area contributed by atoms with E-state index >= 15 is 0 Å². The van der Waals surface area contributed by atoms with Crippen molar-refractivity contribution in [3.63, 3.8) is 0 Å². The van der Waals surface area contributed by atoms with Gasteiger partial charge in [-0.1, -0.05) is 23.7 Å². The zero-order valence-electron chi connectivity index (χ0n) is 18.4. The van der Waals surface area contributed by atoms with Gasteiger partial charge in [-0.05, 0) is 56.8 Å². The van der Waals surface area contributed by atoms with Crippen molar-refractivity contribution in [1.29, 1.82) is 0 Å². The molecule has 1 saturated carbocycles. The van der Waals surface area contributed by atoms with Gasteiger partial charge >= 0.3 is 0 Å². The number of aromatic nitrogens is 5. The number of rotatable bonds is 4. The normalized spacial score (nSPS) is 21.4. The van der Waals surface area contributed by atoms with Crippen molar-refractivity contribution in [1.82, 2.24) is 29.8 Å². The molecule has 3 aromatic heterocycles. The van der Waals surface area contributed by atoms with Gasteiger partial charge in [-0.25, -0.2) is 15.0 Å². The molecule has 1 aliphatic heterocycles. The van der Waals surface area contributed by atoms with Crippen LogP contribution in [-0.4, -0.2) is 37.6 Å². The lowest BCUT2D eigenvalue weighted by Gasteiger charge is -2.15. The minimum atomic E-state index is -0.0662. The Balaban J connectivity index is 1.46. The molecule has 0 spiro atoms. The van der Waals surface area contributed by atoms with Crippen LogP contribution >= 0.6 is 11.6 Å². The molecular formula is C25H23ClN6O. The van der Waals surface area contributed by atoms with E-state index in [1.54, 1.807) is 18.6 Å². The fourth-order valence-electron chi connectivity index (χ4n) is 5.13. The first-order valence-corrected chi connectivity index (χ1v) is 11.5. The molecule has 8 heteroatoms. The highest BCUT2D eigenvalue weighted by atomic mass is 35.5. The highest BCUT2D eigenvalue weighted by Gasteiger charge is 2.52. The van der Waals surface area contributed by atoms with Crippen molar-refractivity contribution in [2.45, 2.75) is 20.4 Å². The molecule has 33 heavy (non-hydrogen) atoms. The van der Waals surface area contributed by atoms with Crippen LogP contribution in [-0.2, 0) is 6.54 Å². The first kappa shape index (κ1) is 20.4. The second-order valence-electron chi connectivity index (χ2n) is 9.06. The van der Waals surface area contributed by atoms with E-state index in [2.05, 4.69) is 25.3 Å². The van der Waals surface area contributed by atoms with Gasteiger partial charge in [-0.2, -0.15) is 0 Å². The number of hydrogen-bond donors (Lipinski definition) is 1. The van der Waals surface area contributed by atoms with E-state index in [1.165, 1.54) is 0 Å². The van der Waals surface area contributed by atoms with Gasteiger partial charge in [0.05, 0.1) is 17.6 Å². The smallest absolute Gasteiger partial charge is 0.260 e. The molecule has 1 aromatic carbocycles. The fraction of sp³-hybridized carbons (Fsp3) is 0.320. The predicted molar refractivity (Wildman–Crippen MR) is 128 cm³/mol. The van der Waals surface area contributed by atoms with Gasteiger partial charge in [-0.3, -0.25) is 14.3 Å². The number of aryl methyl sites for hydroxylation is 2. The summed E-state index contributed by atoms with van der Waals surface area (Å²) in [6, 6.07) is 7.52. The number of benzene rings is 1. The lowest BCUT2D eigenvalue weighted by molar-refractivity contribution is 0.515. The zero-order chi connectivity index (χ0) is 22.7. The number of nitrogens with zero attached hydrogens (tertiary/aromatic N) is 5. The summed E-state index contributed by atoms with van der Waals surface area (Å²) < 4.78 is 1.83. The van der Waals surface area contributed by atoms with Gasteiger partial charge in [0, 0.05) is 46.0 Å². The van der Waals surface area contributed by atoms with Gasteiger partial charge < -0.3 is 5.32 Å². The summed E-state index contributed by atoms with van der Waals surface area (Å²) in [7, 11) is 0. The highest BCUT2D eigenvalue weighted by Crippen LogP contribution is 2.49. The molecule has 1 N–H and O–H groups in total. The van der Waals surface area contributed by atoms with E-state index in [1.807, 2.05) is 42.7 Å². The number of piperidine rings is 1. The van der Waals surface area contributed by atoms with Crippen LogP contribution in [0.5, 0.6) is 0 Å². The van der Waals surface area contributed by atoms with Crippen molar-refractivity contribution in [3.8, 4) is 22.4 Å². The minimum absolute atomic E-state index is 0.0662. The summed E-state index contributed by atoms with van der Waals surface area (Å²) in [6.07, 6.45) is 5.21. The van der Waals surface area contributed by atoms with Crippen LogP contribution in [0.4, 0.5) is 0 Å². The molecule has 4 heterocycles. The van der Waals surface area contributed by atoms with Gasteiger partial charge in [0.15, 0.2) is 0 Å². The molecule has 2 aliphatic rings. The van der Waals surface area contributed by atoms with E-state index in [9.17, 15) is 4.79 Å². The molecule has 0 bridgehead atoms. The van der Waals surface area contributed by atoms with Crippen molar-refractivity contribution in [3.05, 3.63) is 69.8 Å². The molecule has 4 aromatic rings. The fourth-order valence-corrected chi connectivity index (χ4v) is 5.41. The first-order chi connectivity index (χ1) is 16.0. The van der Waals surface area contributed by atoms with E-state index in [0.29, 0.717) is 51.9 Å². The van der Waals surface area contributed by atoms with Crippen LogP contribution < -0.4 is 10.9 Å². The number of pyridine rings is 1. The first-order valence-electron chi connectivity index (χ1n) is 11.2. The van der Waals surface area contributed by atoms with Crippen LogP contribution in [0.3, 0.4) is 0 Å². The quantitative estimate of drug-likeness (QED) is 0.502. The summed E-state index contributed by atoms with van der Waals surface area (Å²) >= 11 is 6.71. The Morgan fingerprint density at radius 2 is 1.88 bits per heavy atom. The van der Waals surface area contributed by atoms with Crippen LogP contribution in [0.2, 0.25) is 5.02 Å². The van der Waals surface area contributed by atoms with Crippen LogP contribution in [0.1, 0.15) is 11.5 Å². The maximum absolute atomic E-state index is 13.7. The Morgan fingerprint density at radius 1 is 1.06 bits per heavy atom.